The SMILES string of the molecule is COc1ccc(OCC(=O)N(C)Cc2ccc(C)cc2)c([N+](=O)[O-])c1. The summed E-state index contributed by atoms with van der Waals surface area (Å²) in [6, 6.07) is 12.1. The molecule has 0 spiro atoms. The number of amides is 1. The lowest BCUT2D eigenvalue weighted by atomic mass is 10.1. The Labute approximate surface area is 145 Å². The molecule has 7 heteroatoms. The van der Waals surface area contributed by atoms with Crippen LogP contribution in [0.3, 0.4) is 0 Å². The summed E-state index contributed by atoms with van der Waals surface area (Å²) in [4.78, 5) is 24.3. The van der Waals surface area contributed by atoms with Crippen molar-refractivity contribution in [3.63, 3.8) is 0 Å². The van der Waals surface area contributed by atoms with Gasteiger partial charge in [-0.05, 0) is 24.6 Å². The Morgan fingerprint density at radius 2 is 1.88 bits per heavy atom. The molecule has 0 saturated heterocycles. The van der Waals surface area contributed by atoms with Crippen LogP contribution in [0.4, 0.5) is 5.69 Å². The third-order valence-corrected chi connectivity index (χ3v) is 3.68. The van der Waals surface area contributed by atoms with E-state index in [-0.39, 0.29) is 24.0 Å². The summed E-state index contributed by atoms with van der Waals surface area (Å²) >= 11 is 0. The molecule has 0 aliphatic rings. The molecule has 2 rings (SSSR count). The summed E-state index contributed by atoms with van der Waals surface area (Å²) in [5, 5.41) is 11.1. The zero-order valence-corrected chi connectivity index (χ0v) is 14.4. The molecular weight excluding hydrogens is 324 g/mol. The molecule has 0 heterocycles. The number of nitro groups is 1. The molecule has 0 saturated carbocycles. The molecular formula is C18H20N2O5. The quantitative estimate of drug-likeness (QED) is 0.570. The summed E-state index contributed by atoms with van der Waals surface area (Å²) in [5.74, 6) is 0.107. The number of nitrogens with zero attached hydrogens (tertiary/aromatic N) is 2. The van der Waals surface area contributed by atoms with E-state index in [1.165, 1.54) is 24.1 Å². The van der Waals surface area contributed by atoms with Gasteiger partial charge in [0.05, 0.1) is 18.1 Å². The molecule has 0 bridgehead atoms. The fraction of sp³-hybridized carbons (Fsp3) is 0.278. The molecule has 0 unspecified atom stereocenters. The van der Waals surface area contributed by atoms with Gasteiger partial charge in [0.15, 0.2) is 12.4 Å². The van der Waals surface area contributed by atoms with Gasteiger partial charge in [-0.1, -0.05) is 29.8 Å². The first-order valence-corrected chi connectivity index (χ1v) is 7.65. The Morgan fingerprint density at radius 1 is 1.20 bits per heavy atom. The van der Waals surface area contributed by atoms with Crippen LogP contribution in [0, 0.1) is 17.0 Å². The Morgan fingerprint density at radius 3 is 2.48 bits per heavy atom. The molecule has 7 nitrogen and oxygen atoms in total. The van der Waals surface area contributed by atoms with Crippen LogP contribution in [-0.4, -0.2) is 36.5 Å². The first kappa shape index (κ1) is 18.3. The highest BCUT2D eigenvalue weighted by Crippen LogP contribution is 2.30. The largest absolute Gasteiger partial charge is 0.496 e. The zero-order chi connectivity index (χ0) is 18.4. The van der Waals surface area contributed by atoms with E-state index < -0.39 is 4.92 Å². The standard InChI is InChI=1S/C18H20N2O5/c1-13-4-6-14(7-5-13)11-19(2)18(21)12-25-17-9-8-15(24-3)10-16(17)20(22)23/h4-10H,11-12H2,1-3H3. The molecule has 1 amide bonds. The topological polar surface area (TPSA) is 81.9 Å². The smallest absolute Gasteiger partial charge is 0.314 e. The van der Waals surface area contributed by atoms with Crippen LogP contribution in [0.2, 0.25) is 0 Å². The third kappa shape index (κ3) is 4.94. The van der Waals surface area contributed by atoms with E-state index in [1.54, 1.807) is 13.1 Å². The van der Waals surface area contributed by atoms with Crippen molar-refractivity contribution in [2.24, 2.45) is 0 Å². The second kappa shape index (κ2) is 8.14. The van der Waals surface area contributed by atoms with Crippen LogP contribution in [0.25, 0.3) is 0 Å². The minimum Gasteiger partial charge on any atom is -0.496 e. The van der Waals surface area contributed by atoms with Crippen molar-refractivity contribution in [3.05, 3.63) is 63.7 Å². The van der Waals surface area contributed by atoms with Gasteiger partial charge in [0.25, 0.3) is 5.91 Å². The number of methoxy groups -OCH3 is 1. The van der Waals surface area contributed by atoms with E-state index in [9.17, 15) is 14.9 Å². The number of hydrogen-bond acceptors (Lipinski definition) is 5. The Bertz CT molecular complexity index is 759. The lowest BCUT2D eigenvalue weighted by Gasteiger charge is -2.17. The second-order valence-corrected chi connectivity index (χ2v) is 5.61. The van der Waals surface area contributed by atoms with Crippen LogP contribution in [-0.2, 0) is 11.3 Å². The summed E-state index contributed by atoms with van der Waals surface area (Å²) in [6.45, 7) is 2.15. The minimum absolute atomic E-state index is 0.0304. The van der Waals surface area contributed by atoms with Crippen molar-refractivity contribution in [3.8, 4) is 11.5 Å². The molecule has 0 radical (unpaired) electrons. The van der Waals surface area contributed by atoms with Gasteiger partial charge in [-0.3, -0.25) is 14.9 Å². The fourth-order valence-electron chi connectivity index (χ4n) is 2.19. The maximum Gasteiger partial charge on any atom is 0.314 e. The maximum atomic E-state index is 12.2. The van der Waals surface area contributed by atoms with Gasteiger partial charge in [-0.25, -0.2) is 0 Å². The van der Waals surface area contributed by atoms with E-state index in [0.717, 1.165) is 11.1 Å². The first-order valence-electron chi connectivity index (χ1n) is 7.65. The van der Waals surface area contributed by atoms with Crippen molar-refractivity contribution in [2.45, 2.75) is 13.5 Å². The summed E-state index contributed by atoms with van der Waals surface area (Å²) in [6.07, 6.45) is 0. The van der Waals surface area contributed by atoms with E-state index in [4.69, 9.17) is 9.47 Å². The van der Waals surface area contributed by atoms with Crippen LogP contribution in [0.1, 0.15) is 11.1 Å². The average molecular weight is 344 g/mol. The number of aryl methyl sites for hydroxylation is 1. The first-order chi connectivity index (χ1) is 11.9. The van der Waals surface area contributed by atoms with Crippen molar-refractivity contribution in [1.82, 2.24) is 4.90 Å². The summed E-state index contributed by atoms with van der Waals surface area (Å²) in [7, 11) is 3.08. The lowest BCUT2D eigenvalue weighted by molar-refractivity contribution is -0.385. The Kier molecular flexibility index (Phi) is 5.94. The van der Waals surface area contributed by atoms with Crippen molar-refractivity contribution in [2.75, 3.05) is 20.8 Å². The van der Waals surface area contributed by atoms with Gasteiger partial charge >= 0.3 is 5.69 Å². The third-order valence-electron chi connectivity index (χ3n) is 3.68. The number of likely N-dealkylation sites (N-methyl/N-ethyl adjacent to an activating group) is 1. The highest BCUT2D eigenvalue weighted by Gasteiger charge is 2.18. The van der Waals surface area contributed by atoms with Crippen molar-refractivity contribution in [1.29, 1.82) is 0 Å². The van der Waals surface area contributed by atoms with Gasteiger partial charge in [0.1, 0.15) is 5.75 Å². The summed E-state index contributed by atoms with van der Waals surface area (Å²) < 4.78 is 10.3. The normalized spacial score (nSPS) is 10.2. The van der Waals surface area contributed by atoms with E-state index in [2.05, 4.69) is 0 Å². The van der Waals surface area contributed by atoms with Gasteiger partial charge < -0.3 is 14.4 Å². The highest BCUT2D eigenvalue weighted by atomic mass is 16.6. The molecule has 2 aromatic rings. The maximum absolute atomic E-state index is 12.2. The molecule has 0 N–H and O–H groups in total. The number of carbonyl (C=O) groups is 1. The van der Waals surface area contributed by atoms with Crippen LogP contribution < -0.4 is 9.47 Å². The van der Waals surface area contributed by atoms with E-state index in [0.29, 0.717) is 12.3 Å². The summed E-state index contributed by atoms with van der Waals surface area (Å²) in [5.41, 5.74) is 1.90. The average Bonchev–Trinajstić information content (AvgIpc) is 2.61. The molecule has 132 valence electrons. The number of hydrogen-bond donors (Lipinski definition) is 0. The molecule has 0 aliphatic heterocycles. The van der Waals surface area contributed by atoms with Crippen molar-refractivity contribution >= 4 is 11.6 Å². The molecule has 0 aromatic heterocycles. The van der Waals surface area contributed by atoms with Gasteiger partial charge in [-0.2, -0.15) is 0 Å². The number of benzene rings is 2. The van der Waals surface area contributed by atoms with Gasteiger partial charge in [0.2, 0.25) is 0 Å². The molecule has 0 atom stereocenters. The van der Waals surface area contributed by atoms with E-state index in [1.807, 2.05) is 31.2 Å². The molecule has 25 heavy (non-hydrogen) atoms. The number of nitro benzene ring substituents is 1. The molecule has 0 fully saturated rings. The van der Waals surface area contributed by atoms with Crippen LogP contribution >= 0.6 is 0 Å². The second-order valence-electron chi connectivity index (χ2n) is 5.61. The number of rotatable bonds is 7. The Hall–Kier alpha value is -3.09. The van der Waals surface area contributed by atoms with Crippen LogP contribution in [0.15, 0.2) is 42.5 Å². The number of ether oxygens (including phenoxy) is 2. The molecule has 2 aromatic carbocycles. The Balaban J connectivity index is 1.99. The fourth-order valence-corrected chi connectivity index (χ4v) is 2.19. The van der Waals surface area contributed by atoms with Gasteiger partial charge in [-0.15, -0.1) is 0 Å². The van der Waals surface area contributed by atoms with Crippen molar-refractivity contribution < 1.29 is 19.2 Å². The van der Waals surface area contributed by atoms with E-state index >= 15 is 0 Å². The monoisotopic (exact) mass is 344 g/mol. The minimum atomic E-state index is -0.571. The zero-order valence-electron chi connectivity index (χ0n) is 14.4. The predicted octanol–water partition coefficient (Wildman–Crippen LogP) is 2.95. The highest BCUT2D eigenvalue weighted by molar-refractivity contribution is 5.77. The predicted molar refractivity (Wildman–Crippen MR) is 92.8 cm³/mol. The lowest BCUT2D eigenvalue weighted by Crippen LogP contribution is -2.31. The number of carbonyl (C=O) groups excluding carboxylic acids is 1. The van der Waals surface area contributed by atoms with Gasteiger partial charge in [0, 0.05) is 13.6 Å². The van der Waals surface area contributed by atoms with Crippen LogP contribution in [0.5, 0.6) is 11.5 Å². The molecule has 0 aliphatic carbocycles.